The van der Waals surface area contributed by atoms with Crippen LogP contribution in [-0.4, -0.2) is 49.4 Å². The number of methoxy groups -OCH3 is 2. The number of carbonyl (C=O) groups is 2. The maximum absolute atomic E-state index is 13.9. The molecule has 10 nitrogen and oxygen atoms in total. The fraction of sp³-hybridized carbons (Fsp3) is 0.190. The number of hydrazine groups is 2. The van der Waals surface area contributed by atoms with Gasteiger partial charge in [-0.1, -0.05) is 59.7 Å². The monoisotopic (exact) mass is 696 g/mol. The number of nitrogens with zero attached hydrogens (tertiary/aromatic N) is 2. The fourth-order valence-corrected chi connectivity index (χ4v) is 6.64. The third kappa shape index (κ3) is 5.91. The van der Waals surface area contributed by atoms with Crippen LogP contribution in [0.25, 0.3) is 22.5 Å². The topological polar surface area (TPSA) is 102 Å². The van der Waals surface area contributed by atoms with Gasteiger partial charge in [0.25, 0.3) is 0 Å². The van der Waals surface area contributed by atoms with Crippen LogP contribution in [0.3, 0.4) is 0 Å². The summed E-state index contributed by atoms with van der Waals surface area (Å²) in [5.41, 5.74) is 16.9. The minimum Gasteiger partial charge on any atom is -0.497 e. The number of ether oxygens (including phenoxy) is 4. The molecule has 0 unspecified atom stereocenters. The molecule has 0 bridgehead atoms. The van der Waals surface area contributed by atoms with E-state index < -0.39 is 11.9 Å². The second-order valence-corrected chi connectivity index (χ2v) is 12.4. The summed E-state index contributed by atoms with van der Waals surface area (Å²) in [6.07, 6.45) is 0. The van der Waals surface area contributed by atoms with E-state index in [1.54, 1.807) is 28.1 Å². The standard InChI is InChI=1S/C42H40N4O6/c1-7-51-41(47)35-33(27-13-9-25(3)10-14-27)39-37(29-17-21-31(49-5)22-18-29)46-40(38(45(39)43-35)30-19-23-32(50-6)24-20-30)34(28-15-11-26(4)12-16-28)36(44-46)42(48)52-8-2/h9-24,43-44H,7-8H2,1-6H3. The first-order chi connectivity index (χ1) is 25.3. The Bertz CT molecular complexity index is 2010. The van der Waals surface area contributed by atoms with E-state index in [0.29, 0.717) is 45.4 Å². The molecule has 264 valence electrons. The van der Waals surface area contributed by atoms with Crippen molar-refractivity contribution in [2.75, 3.05) is 27.4 Å². The number of carbonyl (C=O) groups excluding carboxylic acids is 2. The van der Waals surface area contributed by atoms with E-state index in [1.807, 2.05) is 121 Å². The Morgan fingerprint density at radius 2 is 0.827 bits per heavy atom. The smallest absolute Gasteiger partial charge is 0.356 e. The van der Waals surface area contributed by atoms with Gasteiger partial charge in [0.1, 0.15) is 11.5 Å². The fourth-order valence-electron chi connectivity index (χ4n) is 6.64. The minimum atomic E-state index is -0.497. The van der Waals surface area contributed by atoms with Gasteiger partial charge in [0.05, 0.1) is 50.2 Å². The summed E-state index contributed by atoms with van der Waals surface area (Å²) in [5, 5.41) is 3.86. The average Bonchev–Trinajstić information content (AvgIpc) is 3.75. The Morgan fingerprint density at radius 1 is 0.500 bits per heavy atom. The second kappa shape index (κ2) is 14.1. The van der Waals surface area contributed by atoms with Crippen molar-refractivity contribution in [2.45, 2.75) is 27.7 Å². The quantitative estimate of drug-likeness (QED) is 0.169. The summed E-state index contributed by atoms with van der Waals surface area (Å²) < 4.78 is 22.4. The third-order valence-corrected chi connectivity index (χ3v) is 9.13. The van der Waals surface area contributed by atoms with Gasteiger partial charge < -0.3 is 18.9 Å². The van der Waals surface area contributed by atoms with Gasteiger partial charge in [-0.2, -0.15) is 0 Å². The van der Waals surface area contributed by atoms with Crippen LogP contribution in [-0.2, 0) is 19.1 Å². The first-order valence-electron chi connectivity index (χ1n) is 17.2. The number of allylic oxidation sites excluding steroid dienone is 2. The van der Waals surface area contributed by atoms with Crippen LogP contribution in [0, 0.1) is 13.8 Å². The molecule has 4 aromatic carbocycles. The molecule has 0 aromatic heterocycles. The van der Waals surface area contributed by atoms with E-state index in [2.05, 4.69) is 10.9 Å². The summed E-state index contributed by atoms with van der Waals surface area (Å²) in [6.45, 7) is 8.00. The van der Waals surface area contributed by atoms with E-state index in [9.17, 15) is 9.59 Å². The molecule has 10 heteroatoms. The molecule has 4 aromatic rings. The van der Waals surface area contributed by atoms with Gasteiger partial charge in [-0.25, -0.2) is 9.59 Å². The van der Waals surface area contributed by atoms with Gasteiger partial charge in [-0.15, -0.1) is 0 Å². The van der Waals surface area contributed by atoms with E-state index in [1.165, 1.54) is 0 Å². The third-order valence-electron chi connectivity index (χ3n) is 9.13. The number of benzene rings is 4. The number of nitrogens with one attached hydrogen (secondary N) is 2. The highest BCUT2D eigenvalue weighted by Gasteiger charge is 2.48. The zero-order valence-corrected chi connectivity index (χ0v) is 30.0. The predicted octanol–water partition coefficient (Wildman–Crippen LogP) is 6.96. The highest BCUT2D eigenvalue weighted by Crippen LogP contribution is 2.53. The van der Waals surface area contributed by atoms with Crippen LogP contribution in [0.15, 0.2) is 120 Å². The number of fused-ring (bicyclic) bond motifs is 2. The molecule has 52 heavy (non-hydrogen) atoms. The van der Waals surface area contributed by atoms with E-state index in [-0.39, 0.29) is 24.6 Å². The first kappa shape index (κ1) is 34.0. The zero-order chi connectivity index (χ0) is 36.5. The normalized spacial score (nSPS) is 15.0. The largest absolute Gasteiger partial charge is 0.497 e. The van der Waals surface area contributed by atoms with Gasteiger partial charge >= 0.3 is 11.9 Å². The number of hydrogen-bond acceptors (Lipinski definition) is 10. The van der Waals surface area contributed by atoms with Crippen molar-refractivity contribution in [3.63, 3.8) is 0 Å². The Morgan fingerprint density at radius 3 is 1.13 bits per heavy atom. The van der Waals surface area contributed by atoms with Crippen LogP contribution in [0.5, 0.6) is 11.5 Å². The highest BCUT2D eigenvalue weighted by molar-refractivity contribution is 6.11. The maximum atomic E-state index is 13.9. The number of rotatable bonds is 10. The molecule has 0 saturated carbocycles. The van der Waals surface area contributed by atoms with Crippen LogP contribution in [0.4, 0.5) is 0 Å². The number of esters is 2. The molecule has 0 aliphatic carbocycles. The SMILES string of the molecule is CCOC(=O)C1=C(c2ccc(C)cc2)C2=C(c3ccc(OC)cc3)N3NC(C(=O)OCC)=C(c4ccc(C)cc4)C3=C(c3ccc(OC)cc3)N2N1. The lowest BCUT2D eigenvalue weighted by molar-refractivity contribution is -0.140. The van der Waals surface area contributed by atoms with Crippen molar-refractivity contribution in [3.8, 4) is 11.5 Å². The summed E-state index contributed by atoms with van der Waals surface area (Å²) in [6, 6.07) is 31.4. The van der Waals surface area contributed by atoms with Gasteiger partial charge in [0, 0.05) is 22.3 Å². The van der Waals surface area contributed by atoms with Crippen molar-refractivity contribution in [1.29, 1.82) is 0 Å². The molecular formula is C42H40N4O6. The molecule has 3 aliphatic rings. The van der Waals surface area contributed by atoms with Gasteiger partial charge in [-0.3, -0.25) is 20.9 Å². The van der Waals surface area contributed by atoms with Gasteiger partial charge in [-0.05, 0) is 87.4 Å². The van der Waals surface area contributed by atoms with Gasteiger partial charge in [0.2, 0.25) is 0 Å². The van der Waals surface area contributed by atoms with E-state index >= 15 is 0 Å². The van der Waals surface area contributed by atoms with Gasteiger partial charge in [0.15, 0.2) is 11.4 Å². The second-order valence-electron chi connectivity index (χ2n) is 12.4. The number of hydrogen-bond donors (Lipinski definition) is 2. The van der Waals surface area contributed by atoms with Crippen molar-refractivity contribution in [3.05, 3.63) is 153 Å². The van der Waals surface area contributed by atoms with Crippen LogP contribution in [0.2, 0.25) is 0 Å². The van der Waals surface area contributed by atoms with Crippen LogP contribution >= 0.6 is 0 Å². The molecule has 3 heterocycles. The molecule has 3 aliphatic heterocycles. The van der Waals surface area contributed by atoms with E-state index in [4.69, 9.17) is 18.9 Å². The van der Waals surface area contributed by atoms with E-state index in [0.717, 1.165) is 33.4 Å². The van der Waals surface area contributed by atoms with Crippen molar-refractivity contribution in [1.82, 2.24) is 20.9 Å². The molecule has 2 N–H and O–H groups in total. The van der Waals surface area contributed by atoms with Crippen molar-refractivity contribution < 1.29 is 28.5 Å². The summed E-state index contributed by atoms with van der Waals surface area (Å²) in [7, 11) is 3.24. The lowest BCUT2D eigenvalue weighted by atomic mass is 9.91. The summed E-state index contributed by atoms with van der Waals surface area (Å²) in [5.74, 6) is 0.371. The first-order valence-corrected chi connectivity index (χ1v) is 17.2. The van der Waals surface area contributed by atoms with Crippen molar-refractivity contribution in [2.24, 2.45) is 0 Å². The van der Waals surface area contributed by atoms with Crippen molar-refractivity contribution >= 4 is 34.5 Å². The Balaban J connectivity index is 1.60. The average molecular weight is 697 g/mol. The van der Waals surface area contributed by atoms with Crippen LogP contribution in [0.1, 0.15) is 47.2 Å². The molecule has 0 saturated heterocycles. The molecule has 0 fully saturated rings. The molecule has 0 amide bonds. The lowest BCUT2D eigenvalue weighted by Gasteiger charge is -2.39. The Hall–Kier alpha value is -6.42. The predicted molar refractivity (Wildman–Crippen MR) is 199 cm³/mol. The Labute approximate surface area is 303 Å². The minimum absolute atomic E-state index is 0.193. The molecule has 0 spiro atoms. The van der Waals surface area contributed by atoms with Crippen LogP contribution < -0.4 is 20.3 Å². The number of aryl methyl sites for hydroxylation is 2. The molecule has 0 atom stereocenters. The summed E-state index contributed by atoms with van der Waals surface area (Å²) in [4.78, 5) is 27.9. The maximum Gasteiger partial charge on any atom is 0.356 e. The molecular weight excluding hydrogens is 656 g/mol. The Kier molecular flexibility index (Phi) is 9.21. The molecule has 0 radical (unpaired) electrons. The highest BCUT2D eigenvalue weighted by atomic mass is 16.5. The molecule has 7 rings (SSSR count). The lowest BCUT2D eigenvalue weighted by Crippen LogP contribution is -2.42. The summed E-state index contributed by atoms with van der Waals surface area (Å²) >= 11 is 0. The zero-order valence-electron chi connectivity index (χ0n) is 30.0.